The van der Waals surface area contributed by atoms with Crippen molar-refractivity contribution in [1.82, 2.24) is 0 Å². The van der Waals surface area contributed by atoms with Gasteiger partial charge in [0.15, 0.2) is 0 Å². The van der Waals surface area contributed by atoms with Gasteiger partial charge < -0.3 is 24.1 Å². The Kier molecular flexibility index (Phi) is 5.74. The van der Waals surface area contributed by atoms with Crippen LogP contribution in [0.5, 0.6) is 5.75 Å². The molecule has 1 N–H and O–H groups in total. The Labute approximate surface area is 182 Å². The number of phenols is 1. The number of para-hydroxylation sites is 1. The molecule has 4 unspecified atom stereocenters. The molecule has 5 rings (SSSR count). The van der Waals surface area contributed by atoms with E-state index < -0.39 is 11.7 Å². The summed E-state index contributed by atoms with van der Waals surface area (Å²) >= 11 is 0. The summed E-state index contributed by atoms with van der Waals surface area (Å²) in [5, 5.41) is 10.4. The van der Waals surface area contributed by atoms with Crippen LogP contribution in [-0.4, -0.2) is 36.1 Å². The van der Waals surface area contributed by atoms with Gasteiger partial charge in [-0.1, -0.05) is 78.9 Å². The minimum atomic E-state index is -0.721. The third-order valence-electron chi connectivity index (χ3n) is 5.97. The minimum Gasteiger partial charge on any atom is -0.508 e. The Balaban J connectivity index is 1.35. The van der Waals surface area contributed by atoms with Crippen molar-refractivity contribution in [2.75, 3.05) is 13.2 Å². The molecule has 0 aromatic heterocycles. The molecular formula is C26H26O5. The van der Waals surface area contributed by atoms with Crippen LogP contribution in [-0.2, 0) is 32.2 Å². The smallest absolute Gasteiger partial charge is 0.144 e. The predicted octanol–water partition coefficient (Wildman–Crippen LogP) is 4.40. The zero-order chi connectivity index (χ0) is 21.1. The zero-order valence-electron chi connectivity index (χ0n) is 17.2. The number of benzene rings is 3. The number of rotatable bonds is 8. The lowest BCUT2D eigenvalue weighted by Gasteiger charge is -2.31. The standard InChI is InChI=1S/C26H26O5/c27-22-14-8-7-13-21(22)23-24-25(29-16-20-11-5-2-6-12-20)26(31-23,18-30-24)17-28-15-19-9-3-1-4-10-19/h1-14,23-25,27H,15-18H2. The van der Waals surface area contributed by atoms with E-state index in [1.54, 1.807) is 12.1 Å². The van der Waals surface area contributed by atoms with Gasteiger partial charge in [0.05, 0.1) is 26.4 Å². The predicted molar refractivity (Wildman–Crippen MR) is 116 cm³/mol. The molecule has 0 aliphatic carbocycles. The van der Waals surface area contributed by atoms with Gasteiger partial charge in [-0.2, -0.15) is 0 Å². The van der Waals surface area contributed by atoms with Gasteiger partial charge in [-0.25, -0.2) is 0 Å². The quantitative estimate of drug-likeness (QED) is 0.588. The molecule has 2 fully saturated rings. The van der Waals surface area contributed by atoms with Crippen LogP contribution in [0.1, 0.15) is 22.8 Å². The molecule has 3 aromatic carbocycles. The fourth-order valence-corrected chi connectivity index (χ4v) is 4.42. The Morgan fingerprint density at radius 2 is 1.48 bits per heavy atom. The number of phenolic OH excluding ortho intramolecular Hbond substituents is 1. The second-order valence-electron chi connectivity index (χ2n) is 8.13. The largest absolute Gasteiger partial charge is 0.508 e. The highest BCUT2D eigenvalue weighted by molar-refractivity contribution is 5.36. The summed E-state index contributed by atoms with van der Waals surface area (Å²) in [6.07, 6.45) is -1.01. The SMILES string of the molecule is Oc1ccccc1C1OC2(COCc3ccccc3)COC1C2OCc1ccccc1. The van der Waals surface area contributed by atoms with Crippen molar-refractivity contribution >= 4 is 0 Å². The minimum absolute atomic E-state index is 0.200. The van der Waals surface area contributed by atoms with E-state index in [4.69, 9.17) is 18.9 Å². The Bertz CT molecular complexity index is 993. The average molecular weight is 418 g/mol. The monoisotopic (exact) mass is 418 g/mol. The highest BCUT2D eigenvalue weighted by atomic mass is 16.7. The maximum atomic E-state index is 10.4. The lowest BCUT2D eigenvalue weighted by molar-refractivity contribution is -0.176. The first-order valence-electron chi connectivity index (χ1n) is 10.6. The van der Waals surface area contributed by atoms with E-state index in [-0.39, 0.29) is 18.0 Å². The summed E-state index contributed by atoms with van der Waals surface area (Å²) in [4.78, 5) is 0. The fraction of sp³-hybridized carbons (Fsp3) is 0.308. The first-order chi connectivity index (χ1) is 15.3. The molecule has 2 saturated heterocycles. The van der Waals surface area contributed by atoms with Gasteiger partial charge in [-0.05, 0) is 17.2 Å². The lowest BCUT2D eigenvalue weighted by atomic mass is 9.97. The summed E-state index contributed by atoms with van der Waals surface area (Å²) in [5.74, 6) is 0.200. The molecule has 3 aromatic rings. The third kappa shape index (κ3) is 4.10. The summed E-state index contributed by atoms with van der Waals surface area (Å²) in [6.45, 7) is 1.70. The lowest BCUT2D eigenvalue weighted by Crippen LogP contribution is -2.46. The summed E-state index contributed by atoms with van der Waals surface area (Å²) < 4.78 is 25.1. The molecule has 31 heavy (non-hydrogen) atoms. The van der Waals surface area contributed by atoms with Crippen LogP contribution in [0.2, 0.25) is 0 Å². The van der Waals surface area contributed by atoms with E-state index in [9.17, 15) is 5.11 Å². The van der Waals surface area contributed by atoms with Crippen LogP contribution in [0.3, 0.4) is 0 Å². The van der Waals surface area contributed by atoms with Gasteiger partial charge in [-0.3, -0.25) is 0 Å². The molecule has 0 saturated carbocycles. The Morgan fingerprint density at radius 3 is 2.19 bits per heavy atom. The van der Waals surface area contributed by atoms with Crippen molar-refractivity contribution in [2.24, 2.45) is 0 Å². The number of fused-ring (bicyclic) bond motifs is 2. The summed E-state index contributed by atoms with van der Waals surface area (Å²) in [5.41, 5.74) is 2.19. The molecule has 2 heterocycles. The van der Waals surface area contributed by atoms with Gasteiger partial charge in [0.25, 0.3) is 0 Å². The molecule has 160 valence electrons. The van der Waals surface area contributed by atoms with Crippen molar-refractivity contribution in [2.45, 2.75) is 37.1 Å². The first-order valence-corrected chi connectivity index (χ1v) is 10.6. The summed E-state index contributed by atoms with van der Waals surface area (Å²) in [6, 6.07) is 27.4. The number of hydrogen-bond acceptors (Lipinski definition) is 5. The van der Waals surface area contributed by atoms with Crippen LogP contribution in [0, 0.1) is 0 Å². The first kappa shape index (κ1) is 20.2. The van der Waals surface area contributed by atoms with Gasteiger partial charge in [0.1, 0.15) is 29.7 Å². The molecule has 4 atom stereocenters. The van der Waals surface area contributed by atoms with Crippen molar-refractivity contribution in [3.8, 4) is 5.75 Å². The van der Waals surface area contributed by atoms with Gasteiger partial charge in [0, 0.05) is 5.56 Å². The maximum absolute atomic E-state index is 10.4. The zero-order valence-corrected chi connectivity index (χ0v) is 17.2. The van der Waals surface area contributed by atoms with Gasteiger partial charge in [0.2, 0.25) is 0 Å². The van der Waals surface area contributed by atoms with Crippen LogP contribution in [0.15, 0.2) is 84.9 Å². The third-order valence-corrected chi connectivity index (χ3v) is 5.97. The molecule has 5 nitrogen and oxygen atoms in total. The second-order valence-corrected chi connectivity index (χ2v) is 8.13. The number of hydrogen-bond donors (Lipinski definition) is 1. The topological polar surface area (TPSA) is 57.2 Å². The highest BCUT2D eigenvalue weighted by Crippen LogP contribution is 2.50. The normalized spacial score (nSPS) is 26.9. The van der Waals surface area contributed by atoms with E-state index >= 15 is 0 Å². The maximum Gasteiger partial charge on any atom is 0.144 e. The molecule has 0 amide bonds. The number of aromatic hydroxyl groups is 1. The Morgan fingerprint density at radius 1 is 0.839 bits per heavy atom. The second kappa shape index (κ2) is 8.81. The Hall–Kier alpha value is -2.70. The van der Waals surface area contributed by atoms with Gasteiger partial charge >= 0.3 is 0 Å². The van der Waals surface area contributed by atoms with Crippen LogP contribution >= 0.6 is 0 Å². The van der Waals surface area contributed by atoms with Gasteiger partial charge in [-0.15, -0.1) is 0 Å². The van der Waals surface area contributed by atoms with Crippen molar-refractivity contribution in [3.63, 3.8) is 0 Å². The molecule has 0 radical (unpaired) electrons. The van der Waals surface area contributed by atoms with E-state index in [0.29, 0.717) is 32.0 Å². The van der Waals surface area contributed by atoms with E-state index in [2.05, 4.69) is 0 Å². The molecular weight excluding hydrogens is 392 g/mol. The van der Waals surface area contributed by atoms with Crippen molar-refractivity contribution in [3.05, 3.63) is 102 Å². The fourth-order valence-electron chi connectivity index (χ4n) is 4.42. The molecule has 5 heteroatoms. The molecule has 2 aliphatic heterocycles. The van der Waals surface area contributed by atoms with Crippen LogP contribution < -0.4 is 0 Å². The van der Waals surface area contributed by atoms with Crippen LogP contribution in [0.4, 0.5) is 0 Å². The molecule has 2 bridgehead atoms. The molecule has 2 aliphatic rings. The van der Waals surface area contributed by atoms with Crippen molar-refractivity contribution < 1.29 is 24.1 Å². The van der Waals surface area contributed by atoms with Crippen molar-refractivity contribution in [1.29, 1.82) is 0 Å². The number of ether oxygens (including phenoxy) is 4. The molecule has 0 spiro atoms. The van der Waals surface area contributed by atoms with Crippen LogP contribution in [0.25, 0.3) is 0 Å². The highest BCUT2D eigenvalue weighted by Gasteiger charge is 2.63. The van der Waals surface area contributed by atoms with E-state index in [1.165, 1.54) is 0 Å². The summed E-state index contributed by atoms with van der Waals surface area (Å²) in [7, 11) is 0. The van der Waals surface area contributed by atoms with E-state index in [1.807, 2.05) is 72.8 Å². The van der Waals surface area contributed by atoms with E-state index in [0.717, 1.165) is 11.1 Å². The average Bonchev–Trinajstić information content (AvgIpc) is 3.31.